The molecule has 0 saturated heterocycles. The van der Waals surface area contributed by atoms with Crippen LogP contribution in [0.3, 0.4) is 0 Å². The summed E-state index contributed by atoms with van der Waals surface area (Å²) in [5.74, 6) is 0.912. The highest BCUT2D eigenvalue weighted by Crippen LogP contribution is 2.56. The van der Waals surface area contributed by atoms with Gasteiger partial charge in [-0.2, -0.15) is 0 Å². The summed E-state index contributed by atoms with van der Waals surface area (Å²) in [5.41, 5.74) is 2.56. The second-order valence-corrected chi connectivity index (χ2v) is 6.43. The van der Waals surface area contributed by atoms with Crippen molar-refractivity contribution in [3.8, 4) is 11.5 Å². The van der Waals surface area contributed by atoms with Crippen molar-refractivity contribution < 1.29 is 9.84 Å². The van der Waals surface area contributed by atoms with Crippen LogP contribution in [0.5, 0.6) is 11.5 Å². The number of methoxy groups -OCH3 is 1. The van der Waals surface area contributed by atoms with Gasteiger partial charge >= 0.3 is 0 Å². The summed E-state index contributed by atoms with van der Waals surface area (Å²) in [6, 6.07) is 3.94. The van der Waals surface area contributed by atoms with Gasteiger partial charge in [-0.15, -0.1) is 0 Å². The quantitative estimate of drug-likeness (QED) is 0.851. The molecule has 0 aliphatic heterocycles. The fraction of sp³-hybridized carbons (Fsp3) is 0.625. The first-order chi connectivity index (χ1) is 8.32. The number of phenols is 1. The van der Waals surface area contributed by atoms with E-state index < -0.39 is 0 Å². The highest BCUT2D eigenvalue weighted by molar-refractivity contribution is 5.52. The molecule has 18 heavy (non-hydrogen) atoms. The first-order valence-corrected chi connectivity index (χ1v) is 6.70. The van der Waals surface area contributed by atoms with E-state index in [0.717, 1.165) is 17.5 Å². The summed E-state index contributed by atoms with van der Waals surface area (Å²) >= 11 is 0. The van der Waals surface area contributed by atoms with E-state index in [1.165, 1.54) is 12.8 Å². The van der Waals surface area contributed by atoms with Crippen molar-refractivity contribution in [1.29, 1.82) is 0 Å². The Hall–Kier alpha value is -1.18. The molecule has 100 valence electrons. The monoisotopic (exact) mass is 248 g/mol. The number of rotatable bonds is 2. The van der Waals surface area contributed by atoms with Gasteiger partial charge < -0.3 is 9.84 Å². The average molecular weight is 248 g/mol. The minimum Gasteiger partial charge on any atom is -0.504 e. The molecule has 1 aromatic carbocycles. The lowest BCUT2D eigenvalue weighted by Crippen LogP contribution is -2.34. The van der Waals surface area contributed by atoms with Crippen LogP contribution < -0.4 is 4.74 Å². The predicted octanol–water partition coefficient (Wildman–Crippen LogP) is 4.18. The maximum Gasteiger partial charge on any atom is 0.164 e. The molecule has 1 aliphatic rings. The van der Waals surface area contributed by atoms with E-state index >= 15 is 0 Å². The van der Waals surface area contributed by atoms with Crippen LogP contribution in [0.2, 0.25) is 0 Å². The van der Waals surface area contributed by atoms with Gasteiger partial charge in [-0.25, -0.2) is 0 Å². The van der Waals surface area contributed by atoms with E-state index in [9.17, 15) is 5.11 Å². The molecule has 1 N–H and O–H groups in total. The van der Waals surface area contributed by atoms with Gasteiger partial charge in [0.05, 0.1) is 7.11 Å². The van der Waals surface area contributed by atoms with Crippen LogP contribution in [-0.4, -0.2) is 12.2 Å². The molecule has 1 aliphatic carbocycles. The van der Waals surface area contributed by atoms with E-state index in [-0.39, 0.29) is 16.6 Å². The number of ether oxygens (including phenoxy) is 1. The number of hydrogen-bond donors (Lipinski definition) is 1. The van der Waals surface area contributed by atoms with E-state index in [1.807, 2.05) is 6.92 Å². The minimum atomic E-state index is 0.0713. The lowest BCUT2D eigenvalue weighted by Gasteiger charge is -2.40. The maximum atomic E-state index is 10.1. The van der Waals surface area contributed by atoms with Gasteiger partial charge in [-0.1, -0.05) is 33.3 Å². The third kappa shape index (κ3) is 1.79. The number of aryl methyl sites for hydroxylation is 1. The summed E-state index contributed by atoms with van der Waals surface area (Å²) in [5, 5.41) is 10.1. The molecule has 0 bridgehead atoms. The van der Waals surface area contributed by atoms with Gasteiger partial charge in [-0.05, 0) is 36.8 Å². The molecule has 0 amide bonds. The van der Waals surface area contributed by atoms with Gasteiger partial charge in [0.15, 0.2) is 11.5 Å². The summed E-state index contributed by atoms with van der Waals surface area (Å²) in [6.45, 7) is 8.96. The molecule has 1 atom stereocenters. The Balaban J connectivity index is 2.64. The van der Waals surface area contributed by atoms with E-state index in [2.05, 4.69) is 26.8 Å². The molecule has 0 unspecified atom stereocenters. The lowest BCUT2D eigenvalue weighted by atomic mass is 9.65. The van der Waals surface area contributed by atoms with Crippen LogP contribution in [0, 0.1) is 12.3 Å². The Morgan fingerprint density at radius 2 is 1.83 bits per heavy atom. The summed E-state index contributed by atoms with van der Waals surface area (Å²) in [6.07, 6.45) is 3.61. The molecule has 2 nitrogen and oxygen atoms in total. The SMILES string of the molecule is COc1c(O)cc(C)cc1[C@@]1(C)CCCC1(C)C. The predicted molar refractivity (Wildman–Crippen MR) is 74.4 cm³/mol. The number of aromatic hydroxyl groups is 1. The highest BCUT2D eigenvalue weighted by atomic mass is 16.5. The molecular weight excluding hydrogens is 224 g/mol. The van der Waals surface area contributed by atoms with Gasteiger partial charge in [0, 0.05) is 11.0 Å². The number of benzene rings is 1. The number of hydrogen-bond acceptors (Lipinski definition) is 2. The fourth-order valence-corrected chi connectivity index (χ4v) is 3.38. The molecule has 0 heterocycles. The third-order valence-electron chi connectivity index (χ3n) is 4.98. The summed E-state index contributed by atoms with van der Waals surface area (Å²) in [4.78, 5) is 0. The standard InChI is InChI=1S/C16H24O2/c1-11-9-12(14(18-5)13(17)10-11)16(4)8-6-7-15(16,2)3/h9-10,17H,6-8H2,1-5H3/t16-/m1/s1. The zero-order valence-corrected chi connectivity index (χ0v) is 12.1. The Labute approximate surface area is 110 Å². The van der Waals surface area contributed by atoms with Crippen molar-refractivity contribution in [1.82, 2.24) is 0 Å². The molecule has 0 spiro atoms. The first kappa shape index (κ1) is 13.3. The Kier molecular flexibility index (Phi) is 3.08. The zero-order chi connectivity index (χ0) is 13.6. The molecule has 2 heteroatoms. The van der Waals surface area contributed by atoms with E-state index in [1.54, 1.807) is 13.2 Å². The first-order valence-electron chi connectivity index (χ1n) is 6.70. The second kappa shape index (κ2) is 4.18. The van der Waals surface area contributed by atoms with Gasteiger partial charge in [0.25, 0.3) is 0 Å². The van der Waals surface area contributed by atoms with Crippen LogP contribution in [0.1, 0.15) is 51.2 Å². The van der Waals surface area contributed by atoms with Crippen LogP contribution in [0.4, 0.5) is 0 Å². The van der Waals surface area contributed by atoms with E-state index in [4.69, 9.17) is 4.74 Å². The largest absolute Gasteiger partial charge is 0.504 e. The van der Waals surface area contributed by atoms with Crippen LogP contribution in [0.25, 0.3) is 0 Å². The smallest absolute Gasteiger partial charge is 0.164 e. The third-order valence-corrected chi connectivity index (χ3v) is 4.98. The molecule has 2 rings (SSSR count). The highest BCUT2D eigenvalue weighted by Gasteiger charge is 2.47. The maximum absolute atomic E-state index is 10.1. The molecule has 1 fully saturated rings. The molecule has 0 radical (unpaired) electrons. The van der Waals surface area contributed by atoms with Crippen molar-refractivity contribution in [2.45, 2.75) is 52.4 Å². The topological polar surface area (TPSA) is 29.5 Å². The van der Waals surface area contributed by atoms with Gasteiger partial charge in [-0.3, -0.25) is 0 Å². The average Bonchev–Trinajstić information content (AvgIpc) is 2.53. The lowest BCUT2D eigenvalue weighted by molar-refractivity contribution is 0.216. The van der Waals surface area contributed by atoms with E-state index in [0.29, 0.717) is 5.75 Å². The molecule has 0 aromatic heterocycles. The Bertz CT molecular complexity index is 462. The van der Waals surface area contributed by atoms with Crippen LogP contribution in [0.15, 0.2) is 12.1 Å². The van der Waals surface area contributed by atoms with Crippen molar-refractivity contribution in [3.05, 3.63) is 23.3 Å². The van der Waals surface area contributed by atoms with Gasteiger partial charge in [0.1, 0.15) is 0 Å². The Morgan fingerprint density at radius 1 is 1.17 bits per heavy atom. The zero-order valence-electron chi connectivity index (χ0n) is 12.1. The summed E-state index contributed by atoms with van der Waals surface area (Å²) in [7, 11) is 1.64. The normalized spacial score (nSPS) is 26.3. The van der Waals surface area contributed by atoms with Crippen molar-refractivity contribution >= 4 is 0 Å². The van der Waals surface area contributed by atoms with Crippen LogP contribution in [-0.2, 0) is 5.41 Å². The van der Waals surface area contributed by atoms with Crippen molar-refractivity contribution in [3.63, 3.8) is 0 Å². The van der Waals surface area contributed by atoms with Crippen LogP contribution >= 0.6 is 0 Å². The molecule has 1 saturated carbocycles. The van der Waals surface area contributed by atoms with Crippen molar-refractivity contribution in [2.24, 2.45) is 5.41 Å². The second-order valence-electron chi connectivity index (χ2n) is 6.43. The van der Waals surface area contributed by atoms with Gasteiger partial charge in [0.2, 0.25) is 0 Å². The minimum absolute atomic E-state index is 0.0713. The summed E-state index contributed by atoms with van der Waals surface area (Å²) < 4.78 is 5.45. The van der Waals surface area contributed by atoms with Crippen molar-refractivity contribution in [2.75, 3.05) is 7.11 Å². The Morgan fingerprint density at radius 3 is 2.33 bits per heavy atom. The molecule has 1 aromatic rings. The number of phenolic OH excluding ortho intramolecular Hbond substituents is 1. The molecular formula is C16H24O2. The fourth-order valence-electron chi connectivity index (χ4n) is 3.38.